The number of aliphatic carboxylic acids is 1. The van der Waals surface area contributed by atoms with Crippen molar-refractivity contribution in [2.24, 2.45) is 0 Å². The van der Waals surface area contributed by atoms with E-state index in [9.17, 15) is 13.2 Å². The number of carboxylic acid groups (broad SMARTS) is 1. The van der Waals surface area contributed by atoms with E-state index in [4.69, 9.17) is 9.84 Å². The highest BCUT2D eigenvalue weighted by Crippen LogP contribution is 2.27. The van der Waals surface area contributed by atoms with Crippen LogP contribution in [0.4, 0.5) is 0 Å². The summed E-state index contributed by atoms with van der Waals surface area (Å²) in [4.78, 5) is 10.9. The zero-order chi connectivity index (χ0) is 14.0. The lowest BCUT2D eigenvalue weighted by atomic mass is 10.2. The molecule has 0 aromatic heterocycles. The Kier molecular flexibility index (Phi) is 3.77. The monoisotopic (exact) mass is 285 g/mol. The van der Waals surface area contributed by atoms with E-state index in [0.29, 0.717) is 18.8 Å². The van der Waals surface area contributed by atoms with Crippen LogP contribution >= 0.6 is 0 Å². The molecule has 1 heterocycles. The first-order valence-electron chi connectivity index (χ1n) is 5.95. The first kappa shape index (κ1) is 13.8. The van der Waals surface area contributed by atoms with E-state index in [1.54, 1.807) is 13.0 Å². The summed E-state index contributed by atoms with van der Waals surface area (Å²) < 4.78 is 31.7. The molecular formula is C12H15NO5S. The molecule has 1 atom stereocenters. The zero-order valence-electron chi connectivity index (χ0n) is 10.4. The maximum absolute atomic E-state index is 12.1. The van der Waals surface area contributed by atoms with Gasteiger partial charge in [-0.2, -0.15) is 4.72 Å². The van der Waals surface area contributed by atoms with Crippen molar-refractivity contribution in [3.63, 3.8) is 0 Å². The Balaban J connectivity index is 2.27. The normalized spacial score (nSPS) is 15.6. The number of hydrogen-bond donors (Lipinski definition) is 2. The number of nitrogens with one attached hydrogen (secondary N) is 1. The zero-order valence-corrected chi connectivity index (χ0v) is 11.2. The fourth-order valence-corrected chi connectivity index (χ4v) is 3.22. The second-order valence-electron chi connectivity index (χ2n) is 4.29. The molecule has 0 aliphatic carbocycles. The number of hydrogen-bond acceptors (Lipinski definition) is 4. The van der Waals surface area contributed by atoms with Crippen molar-refractivity contribution in [1.29, 1.82) is 0 Å². The number of fused-ring (bicyclic) bond motifs is 1. The van der Waals surface area contributed by atoms with Crippen LogP contribution in [0.15, 0.2) is 23.1 Å². The largest absolute Gasteiger partial charge is 0.493 e. The maximum Gasteiger partial charge on any atom is 0.321 e. The van der Waals surface area contributed by atoms with Crippen molar-refractivity contribution in [3.05, 3.63) is 23.8 Å². The summed E-state index contributed by atoms with van der Waals surface area (Å²) >= 11 is 0. The maximum atomic E-state index is 12.1. The SMILES string of the molecule is CCC(NS(=O)(=O)c1ccc2c(c1)CCO2)C(=O)O. The van der Waals surface area contributed by atoms with Gasteiger partial charge >= 0.3 is 5.97 Å². The minimum atomic E-state index is -3.82. The number of benzene rings is 1. The minimum Gasteiger partial charge on any atom is -0.493 e. The molecule has 1 aliphatic heterocycles. The molecule has 19 heavy (non-hydrogen) atoms. The molecule has 6 nitrogen and oxygen atoms in total. The molecule has 0 saturated heterocycles. The summed E-state index contributed by atoms with van der Waals surface area (Å²) in [6, 6.07) is 3.42. The molecule has 2 N–H and O–H groups in total. The van der Waals surface area contributed by atoms with Gasteiger partial charge in [0.15, 0.2) is 0 Å². The molecule has 0 radical (unpaired) electrons. The smallest absolute Gasteiger partial charge is 0.321 e. The highest BCUT2D eigenvalue weighted by molar-refractivity contribution is 7.89. The molecular weight excluding hydrogens is 270 g/mol. The van der Waals surface area contributed by atoms with Crippen LogP contribution in [-0.4, -0.2) is 32.1 Å². The minimum absolute atomic E-state index is 0.0662. The molecule has 104 valence electrons. The molecule has 1 aromatic carbocycles. The number of rotatable bonds is 5. The van der Waals surface area contributed by atoms with Crippen molar-refractivity contribution >= 4 is 16.0 Å². The summed E-state index contributed by atoms with van der Waals surface area (Å²) in [7, 11) is -3.82. The lowest BCUT2D eigenvalue weighted by Gasteiger charge is -2.13. The van der Waals surface area contributed by atoms with Gasteiger partial charge in [0.1, 0.15) is 11.8 Å². The third-order valence-corrected chi connectivity index (χ3v) is 4.44. The van der Waals surface area contributed by atoms with E-state index < -0.39 is 22.0 Å². The summed E-state index contributed by atoms with van der Waals surface area (Å²) in [6.45, 7) is 2.15. The molecule has 0 amide bonds. The molecule has 0 fully saturated rings. The van der Waals surface area contributed by atoms with Gasteiger partial charge in [-0.3, -0.25) is 4.79 Å². The molecule has 1 aromatic rings. The Hall–Kier alpha value is -1.60. The third-order valence-electron chi connectivity index (χ3n) is 2.97. The first-order valence-corrected chi connectivity index (χ1v) is 7.43. The molecule has 1 unspecified atom stereocenters. The topological polar surface area (TPSA) is 92.7 Å². The van der Waals surface area contributed by atoms with Gasteiger partial charge in [-0.15, -0.1) is 0 Å². The molecule has 7 heteroatoms. The number of carboxylic acids is 1. The Labute approximate surface area is 111 Å². The second kappa shape index (κ2) is 5.18. The van der Waals surface area contributed by atoms with Gasteiger partial charge in [0.05, 0.1) is 11.5 Å². The standard InChI is InChI=1S/C12H15NO5S/c1-2-10(12(14)15)13-19(16,17)9-3-4-11-8(7-9)5-6-18-11/h3-4,7,10,13H,2,5-6H2,1H3,(H,14,15). The van der Waals surface area contributed by atoms with Gasteiger partial charge in [-0.25, -0.2) is 8.42 Å². The quantitative estimate of drug-likeness (QED) is 0.833. The first-order chi connectivity index (χ1) is 8.94. The number of carbonyl (C=O) groups is 1. The number of sulfonamides is 1. The van der Waals surface area contributed by atoms with Crippen molar-refractivity contribution in [3.8, 4) is 5.75 Å². The Bertz CT molecular complexity index is 596. The predicted octanol–water partition coefficient (Wildman–Crippen LogP) is 0.763. The molecule has 0 bridgehead atoms. The van der Waals surface area contributed by atoms with E-state index >= 15 is 0 Å². The van der Waals surface area contributed by atoms with E-state index in [1.807, 2.05) is 0 Å². The van der Waals surface area contributed by atoms with Crippen molar-refractivity contribution in [1.82, 2.24) is 4.72 Å². The summed E-state index contributed by atoms with van der Waals surface area (Å²) in [5, 5.41) is 8.89. The van der Waals surface area contributed by atoms with Gasteiger partial charge in [-0.1, -0.05) is 6.92 Å². The average molecular weight is 285 g/mol. The lowest BCUT2D eigenvalue weighted by molar-refractivity contribution is -0.139. The highest BCUT2D eigenvalue weighted by atomic mass is 32.2. The van der Waals surface area contributed by atoms with E-state index in [2.05, 4.69) is 4.72 Å². The van der Waals surface area contributed by atoms with Crippen LogP contribution < -0.4 is 9.46 Å². The second-order valence-corrected chi connectivity index (χ2v) is 6.00. The van der Waals surface area contributed by atoms with E-state index in [0.717, 1.165) is 5.56 Å². The van der Waals surface area contributed by atoms with Crippen molar-refractivity contribution in [2.75, 3.05) is 6.61 Å². The predicted molar refractivity (Wildman–Crippen MR) is 67.7 cm³/mol. The average Bonchev–Trinajstić information content (AvgIpc) is 2.82. The van der Waals surface area contributed by atoms with Crippen LogP contribution in [0.3, 0.4) is 0 Å². The Morgan fingerprint density at radius 2 is 2.26 bits per heavy atom. The van der Waals surface area contributed by atoms with Crippen LogP contribution in [0, 0.1) is 0 Å². The Morgan fingerprint density at radius 1 is 1.53 bits per heavy atom. The van der Waals surface area contributed by atoms with Gasteiger partial charge in [0.2, 0.25) is 10.0 Å². The van der Waals surface area contributed by atoms with Crippen LogP contribution in [0.25, 0.3) is 0 Å². The third kappa shape index (κ3) is 2.87. The van der Waals surface area contributed by atoms with Gasteiger partial charge in [0, 0.05) is 6.42 Å². The van der Waals surface area contributed by atoms with Gasteiger partial charge in [0.25, 0.3) is 0 Å². The van der Waals surface area contributed by atoms with Crippen LogP contribution in [-0.2, 0) is 21.2 Å². The summed E-state index contributed by atoms with van der Waals surface area (Å²) in [6.07, 6.45) is 0.845. The van der Waals surface area contributed by atoms with Gasteiger partial charge in [-0.05, 0) is 30.2 Å². The van der Waals surface area contributed by atoms with E-state index in [1.165, 1.54) is 12.1 Å². The lowest BCUT2D eigenvalue weighted by Crippen LogP contribution is -2.40. The van der Waals surface area contributed by atoms with Crippen molar-refractivity contribution < 1.29 is 23.1 Å². The molecule has 0 saturated carbocycles. The van der Waals surface area contributed by atoms with Crippen molar-refractivity contribution in [2.45, 2.75) is 30.7 Å². The molecule has 0 spiro atoms. The highest BCUT2D eigenvalue weighted by Gasteiger charge is 2.25. The van der Waals surface area contributed by atoms with Crippen LogP contribution in [0.5, 0.6) is 5.75 Å². The molecule has 2 rings (SSSR count). The number of ether oxygens (including phenoxy) is 1. The van der Waals surface area contributed by atoms with Crippen LogP contribution in [0.2, 0.25) is 0 Å². The summed E-state index contributed by atoms with van der Waals surface area (Å²) in [5.41, 5.74) is 0.825. The fraction of sp³-hybridized carbons (Fsp3) is 0.417. The fourth-order valence-electron chi connectivity index (χ4n) is 1.89. The van der Waals surface area contributed by atoms with E-state index in [-0.39, 0.29) is 11.3 Å². The molecule has 1 aliphatic rings. The van der Waals surface area contributed by atoms with Gasteiger partial charge < -0.3 is 9.84 Å². The summed E-state index contributed by atoms with van der Waals surface area (Å²) in [5.74, 6) is -0.500. The Morgan fingerprint density at radius 3 is 2.89 bits per heavy atom. The van der Waals surface area contributed by atoms with Crippen LogP contribution in [0.1, 0.15) is 18.9 Å².